The summed E-state index contributed by atoms with van der Waals surface area (Å²) in [6, 6.07) is 14.2. The molecule has 1 fully saturated rings. The highest BCUT2D eigenvalue weighted by Gasteiger charge is 2.31. The van der Waals surface area contributed by atoms with E-state index in [-0.39, 0.29) is 11.8 Å². The van der Waals surface area contributed by atoms with Gasteiger partial charge in [-0.05, 0) is 36.8 Å². The fourth-order valence-electron chi connectivity index (χ4n) is 3.45. The van der Waals surface area contributed by atoms with Crippen LogP contribution in [0.1, 0.15) is 19.3 Å². The zero-order valence-corrected chi connectivity index (χ0v) is 13.3. The number of hydrogen-bond donors (Lipinski definition) is 2. The number of nitrogens with two attached hydrogens (primary N) is 1. The molecule has 4 heteroatoms. The van der Waals surface area contributed by atoms with Crippen LogP contribution in [0.4, 0.5) is 0 Å². The smallest absolute Gasteiger partial charge is 0.223 e. The average Bonchev–Trinajstić information content (AvgIpc) is 3.07. The highest BCUT2D eigenvalue weighted by molar-refractivity contribution is 5.88. The number of fused-ring (bicyclic) bond motifs is 1. The van der Waals surface area contributed by atoms with Gasteiger partial charge in [0.2, 0.25) is 5.91 Å². The SMILES string of the molecule is NC[C@H]1CCC[C@H]1C(=O)NCCOc1cccc2ccccc12. The van der Waals surface area contributed by atoms with Crippen molar-refractivity contribution < 1.29 is 9.53 Å². The standard InChI is InChI=1S/C19H24N2O2/c20-13-15-7-3-9-17(15)19(22)21-11-12-23-18-10-4-6-14-5-1-2-8-16(14)18/h1-2,4-6,8,10,15,17H,3,7,9,11-13,20H2,(H,21,22)/t15-,17-/m1/s1. The van der Waals surface area contributed by atoms with E-state index in [4.69, 9.17) is 10.5 Å². The fourth-order valence-corrected chi connectivity index (χ4v) is 3.45. The summed E-state index contributed by atoms with van der Waals surface area (Å²) in [7, 11) is 0. The van der Waals surface area contributed by atoms with E-state index in [1.165, 1.54) is 0 Å². The van der Waals surface area contributed by atoms with Gasteiger partial charge in [0.05, 0.1) is 6.54 Å². The Balaban J connectivity index is 1.50. The molecule has 2 aromatic rings. The molecule has 1 aliphatic carbocycles. The van der Waals surface area contributed by atoms with Crippen LogP contribution in [0, 0.1) is 11.8 Å². The van der Waals surface area contributed by atoms with Crippen molar-refractivity contribution >= 4 is 16.7 Å². The van der Waals surface area contributed by atoms with E-state index in [2.05, 4.69) is 17.4 Å². The first-order valence-electron chi connectivity index (χ1n) is 8.38. The third-order valence-corrected chi connectivity index (χ3v) is 4.71. The predicted octanol–water partition coefficient (Wildman–Crippen LogP) is 2.71. The third-order valence-electron chi connectivity index (χ3n) is 4.71. The van der Waals surface area contributed by atoms with Gasteiger partial charge in [0.1, 0.15) is 12.4 Å². The molecule has 0 unspecified atom stereocenters. The van der Waals surface area contributed by atoms with E-state index in [1.54, 1.807) is 0 Å². The molecule has 0 heterocycles. The van der Waals surface area contributed by atoms with Gasteiger partial charge in [0.25, 0.3) is 0 Å². The Bertz CT molecular complexity index is 666. The second kappa shape index (κ2) is 7.47. The lowest BCUT2D eigenvalue weighted by Gasteiger charge is -2.17. The minimum atomic E-state index is 0.0811. The summed E-state index contributed by atoms with van der Waals surface area (Å²) in [5.74, 6) is 1.41. The highest BCUT2D eigenvalue weighted by atomic mass is 16.5. The van der Waals surface area contributed by atoms with E-state index in [0.717, 1.165) is 35.8 Å². The summed E-state index contributed by atoms with van der Waals surface area (Å²) in [6.45, 7) is 1.60. The first kappa shape index (κ1) is 15.8. The van der Waals surface area contributed by atoms with E-state index >= 15 is 0 Å². The molecule has 0 saturated heterocycles. The van der Waals surface area contributed by atoms with E-state index in [1.807, 2.05) is 30.3 Å². The minimum Gasteiger partial charge on any atom is -0.491 e. The first-order valence-corrected chi connectivity index (χ1v) is 8.38. The largest absolute Gasteiger partial charge is 0.491 e. The highest BCUT2D eigenvalue weighted by Crippen LogP contribution is 2.31. The topological polar surface area (TPSA) is 64.4 Å². The van der Waals surface area contributed by atoms with Crippen LogP contribution in [0.15, 0.2) is 42.5 Å². The molecule has 0 aromatic heterocycles. The predicted molar refractivity (Wildman–Crippen MR) is 92.3 cm³/mol. The van der Waals surface area contributed by atoms with Crippen LogP contribution < -0.4 is 15.8 Å². The van der Waals surface area contributed by atoms with E-state index in [9.17, 15) is 4.79 Å². The van der Waals surface area contributed by atoms with Gasteiger partial charge in [-0.3, -0.25) is 4.79 Å². The second-order valence-corrected chi connectivity index (χ2v) is 6.15. The molecule has 0 spiro atoms. The van der Waals surface area contributed by atoms with E-state index < -0.39 is 0 Å². The molecule has 1 aliphatic rings. The van der Waals surface area contributed by atoms with Gasteiger partial charge >= 0.3 is 0 Å². The van der Waals surface area contributed by atoms with Crippen molar-refractivity contribution in [3.05, 3.63) is 42.5 Å². The normalized spacial score (nSPS) is 20.6. The maximum Gasteiger partial charge on any atom is 0.223 e. The number of ether oxygens (including phenoxy) is 1. The van der Waals surface area contributed by atoms with E-state index in [0.29, 0.717) is 25.6 Å². The van der Waals surface area contributed by atoms with Crippen molar-refractivity contribution in [1.82, 2.24) is 5.32 Å². The van der Waals surface area contributed by atoms with Gasteiger partial charge in [-0.15, -0.1) is 0 Å². The Labute approximate surface area is 137 Å². The maximum absolute atomic E-state index is 12.2. The summed E-state index contributed by atoms with van der Waals surface area (Å²) >= 11 is 0. The quantitative estimate of drug-likeness (QED) is 0.806. The third kappa shape index (κ3) is 3.64. The Morgan fingerprint density at radius 1 is 1.17 bits per heavy atom. The average molecular weight is 312 g/mol. The Morgan fingerprint density at radius 3 is 2.87 bits per heavy atom. The van der Waals surface area contributed by atoms with Crippen molar-refractivity contribution in [3.63, 3.8) is 0 Å². The van der Waals surface area contributed by atoms with Crippen molar-refractivity contribution in [1.29, 1.82) is 0 Å². The molecule has 1 saturated carbocycles. The first-order chi connectivity index (χ1) is 11.3. The summed E-state index contributed by atoms with van der Waals surface area (Å²) < 4.78 is 5.85. The number of rotatable bonds is 6. The Morgan fingerprint density at radius 2 is 2.00 bits per heavy atom. The summed E-state index contributed by atoms with van der Waals surface area (Å²) in [5, 5.41) is 5.24. The van der Waals surface area contributed by atoms with Crippen molar-refractivity contribution in [2.75, 3.05) is 19.7 Å². The molecule has 122 valence electrons. The van der Waals surface area contributed by atoms with Crippen LogP contribution in [0.3, 0.4) is 0 Å². The maximum atomic E-state index is 12.2. The van der Waals surface area contributed by atoms with Gasteiger partial charge in [-0.1, -0.05) is 42.8 Å². The molecule has 0 aliphatic heterocycles. The molecule has 3 N–H and O–H groups in total. The number of carbonyl (C=O) groups excluding carboxylic acids is 1. The lowest BCUT2D eigenvalue weighted by molar-refractivity contribution is -0.126. The monoisotopic (exact) mass is 312 g/mol. The summed E-state index contributed by atoms with van der Waals surface area (Å²) in [5.41, 5.74) is 5.74. The minimum absolute atomic E-state index is 0.0811. The van der Waals surface area contributed by atoms with Gasteiger partial charge < -0.3 is 15.8 Å². The molecule has 2 atom stereocenters. The Kier molecular flexibility index (Phi) is 5.13. The van der Waals surface area contributed by atoms with Crippen LogP contribution in [0.25, 0.3) is 10.8 Å². The van der Waals surface area contributed by atoms with Crippen LogP contribution >= 0.6 is 0 Å². The molecule has 3 rings (SSSR count). The number of amides is 1. The summed E-state index contributed by atoms with van der Waals surface area (Å²) in [4.78, 5) is 12.2. The fraction of sp³-hybridized carbons (Fsp3) is 0.421. The van der Waals surface area contributed by atoms with Gasteiger partial charge in [-0.25, -0.2) is 0 Å². The Hall–Kier alpha value is -2.07. The number of nitrogens with one attached hydrogen (secondary N) is 1. The number of carbonyl (C=O) groups is 1. The zero-order valence-electron chi connectivity index (χ0n) is 13.3. The molecule has 2 aromatic carbocycles. The second-order valence-electron chi connectivity index (χ2n) is 6.15. The van der Waals surface area contributed by atoms with Gasteiger partial charge in [0.15, 0.2) is 0 Å². The molecule has 1 amide bonds. The zero-order chi connectivity index (χ0) is 16.1. The molecule has 0 bridgehead atoms. The van der Waals surface area contributed by atoms with Crippen molar-refractivity contribution in [3.8, 4) is 5.75 Å². The lowest BCUT2D eigenvalue weighted by atomic mass is 9.95. The summed E-state index contributed by atoms with van der Waals surface area (Å²) in [6.07, 6.45) is 3.13. The molecule has 0 radical (unpaired) electrons. The van der Waals surface area contributed by atoms with Crippen molar-refractivity contribution in [2.45, 2.75) is 19.3 Å². The van der Waals surface area contributed by atoms with Gasteiger partial charge in [0, 0.05) is 11.3 Å². The lowest BCUT2D eigenvalue weighted by Crippen LogP contribution is -2.37. The molecule has 4 nitrogen and oxygen atoms in total. The van der Waals surface area contributed by atoms with Crippen LogP contribution in [-0.4, -0.2) is 25.6 Å². The molecular weight excluding hydrogens is 288 g/mol. The van der Waals surface area contributed by atoms with Crippen LogP contribution in [0.5, 0.6) is 5.75 Å². The number of benzene rings is 2. The number of hydrogen-bond acceptors (Lipinski definition) is 3. The molecular formula is C19H24N2O2. The van der Waals surface area contributed by atoms with Gasteiger partial charge in [-0.2, -0.15) is 0 Å². The van der Waals surface area contributed by atoms with Crippen LogP contribution in [-0.2, 0) is 4.79 Å². The van der Waals surface area contributed by atoms with Crippen molar-refractivity contribution in [2.24, 2.45) is 17.6 Å². The van der Waals surface area contributed by atoms with Crippen LogP contribution in [0.2, 0.25) is 0 Å². The molecule has 23 heavy (non-hydrogen) atoms.